The van der Waals surface area contributed by atoms with Gasteiger partial charge in [0, 0.05) is 11.6 Å². The molecule has 134 valence electrons. The molecule has 0 spiro atoms. The van der Waals surface area contributed by atoms with Gasteiger partial charge < -0.3 is 10.0 Å². The molecule has 10 heteroatoms. The number of amides is 2. The van der Waals surface area contributed by atoms with Crippen molar-refractivity contribution in [1.29, 1.82) is 0 Å². The molecule has 0 radical (unpaired) electrons. The number of nitrogens with one attached hydrogen (secondary N) is 1. The second-order valence-electron chi connectivity index (χ2n) is 5.75. The standard InChI is InChI=1S/C15H15F3N4O2S/c1-8-6-11(7-23)22(8)14(24)19-13-21-20-12(25-13)9-2-4-10(5-3-9)15(16,17)18/h2-5,8,11,23H,6-7H2,1H3,(H,19,21,24). The topological polar surface area (TPSA) is 78.4 Å². The molecule has 2 aromatic rings. The molecule has 6 nitrogen and oxygen atoms in total. The lowest BCUT2D eigenvalue weighted by atomic mass is 9.95. The normalized spacial score (nSPS) is 20.3. The molecule has 1 aliphatic heterocycles. The number of urea groups is 1. The number of aliphatic hydroxyl groups excluding tert-OH is 1. The van der Waals surface area contributed by atoms with Crippen LogP contribution in [0.2, 0.25) is 0 Å². The molecule has 1 saturated heterocycles. The highest BCUT2D eigenvalue weighted by Crippen LogP contribution is 2.33. The number of hydrogen-bond acceptors (Lipinski definition) is 5. The van der Waals surface area contributed by atoms with E-state index < -0.39 is 11.7 Å². The molecule has 25 heavy (non-hydrogen) atoms. The molecular weight excluding hydrogens is 357 g/mol. The summed E-state index contributed by atoms with van der Waals surface area (Å²) in [7, 11) is 0. The Hall–Kier alpha value is -2.20. The summed E-state index contributed by atoms with van der Waals surface area (Å²) in [5.41, 5.74) is -0.257. The van der Waals surface area contributed by atoms with E-state index in [-0.39, 0.29) is 29.9 Å². The average molecular weight is 372 g/mol. The number of carbonyl (C=O) groups excluding carboxylic acids is 1. The average Bonchev–Trinajstić information content (AvgIpc) is 2.99. The van der Waals surface area contributed by atoms with Crippen LogP contribution in [0.1, 0.15) is 18.9 Å². The lowest BCUT2D eigenvalue weighted by molar-refractivity contribution is -0.137. The van der Waals surface area contributed by atoms with Crippen molar-refractivity contribution < 1.29 is 23.1 Å². The van der Waals surface area contributed by atoms with Crippen LogP contribution in [0.25, 0.3) is 10.6 Å². The summed E-state index contributed by atoms with van der Waals surface area (Å²) in [5, 5.41) is 20.2. The van der Waals surface area contributed by atoms with Crippen LogP contribution in [0.15, 0.2) is 24.3 Å². The van der Waals surface area contributed by atoms with E-state index in [2.05, 4.69) is 15.5 Å². The van der Waals surface area contributed by atoms with Gasteiger partial charge in [-0.25, -0.2) is 4.79 Å². The van der Waals surface area contributed by atoms with Crippen LogP contribution in [0, 0.1) is 0 Å². The highest BCUT2D eigenvalue weighted by Gasteiger charge is 2.38. The number of aromatic nitrogens is 2. The zero-order chi connectivity index (χ0) is 18.2. The van der Waals surface area contributed by atoms with E-state index in [1.165, 1.54) is 17.0 Å². The van der Waals surface area contributed by atoms with E-state index in [0.29, 0.717) is 10.6 Å². The lowest BCUT2D eigenvalue weighted by Crippen LogP contribution is -2.60. The van der Waals surface area contributed by atoms with Crippen molar-refractivity contribution >= 4 is 22.5 Å². The molecular formula is C15H15F3N4O2S. The zero-order valence-electron chi connectivity index (χ0n) is 13.1. The monoisotopic (exact) mass is 372 g/mol. The SMILES string of the molecule is CC1CC(CO)N1C(=O)Nc1nnc(-c2ccc(C(F)(F)F)cc2)s1. The number of carbonyl (C=O) groups is 1. The number of nitrogens with zero attached hydrogens (tertiary/aromatic N) is 3. The van der Waals surface area contributed by atoms with Gasteiger partial charge >= 0.3 is 12.2 Å². The molecule has 3 rings (SSSR count). The van der Waals surface area contributed by atoms with Crippen LogP contribution in [0.3, 0.4) is 0 Å². The number of likely N-dealkylation sites (tertiary alicyclic amines) is 1. The van der Waals surface area contributed by atoms with E-state index in [4.69, 9.17) is 0 Å². The lowest BCUT2D eigenvalue weighted by Gasteiger charge is -2.45. The summed E-state index contributed by atoms with van der Waals surface area (Å²) < 4.78 is 37.7. The first kappa shape index (κ1) is 17.6. The Morgan fingerprint density at radius 1 is 1.36 bits per heavy atom. The Morgan fingerprint density at radius 2 is 2.04 bits per heavy atom. The highest BCUT2D eigenvalue weighted by atomic mass is 32.1. The minimum Gasteiger partial charge on any atom is -0.394 e. The maximum Gasteiger partial charge on any atom is 0.416 e. The van der Waals surface area contributed by atoms with Crippen molar-refractivity contribution in [2.75, 3.05) is 11.9 Å². The van der Waals surface area contributed by atoms with Crippen LogP contribution in [-0.2, 0) is 6.18 Å². The van der Waals surface area contributed by atoms with Crippen LogP contribution in [0.5, 0.6) is 0 Å². The molecule has 2 amide bonds. The van der Waals surface area contributed by atoms with Crippen molar-refractivity contribution in [2.24, 2.45) is 0 Å². The number of aliphatic hydroxyl groups is 1. The van der Waals surface area contributed by atoms with Gasteiger partial charge in [-0.05, 0) is 25.5 Å². The van der Waals surface area contributed by atoms with Gasteiger partial charge in [-0.2, -0.15) is 13.2 Å². The molecule has 2 N–H and O–H groups in total. The van der Waals surface area contributed by atoms with Gasteiger partial charge in [-0.3, -0.25) is 5.32 Å². The van der Waals surface area contributed by atoms with Crippen molar-refractivity contribution in [3.8, 4) is 10.6 Å². The Balaban J connectivity index is 1.69. The number of rotatable bonds is 3. The number of alkyl halides is 3. The smallest absolute Gasteiger partial charge is 0.394 e. The van der Waals surface area contributed by atoms with E-state index in [1.54, 1.807) is 0 Å². The summed E-state index contributed by atoms with van der Waals surface area (Å²) in [4.78, 5) is 13.7. The van der Waals surface area contributed by atoms with E-state index in [9.17, 15) is 23.1 Å². The first-order valence-corrected chi connectivity index (χ1v) is 8.32. The summed E-state index contributed by atoms with van der Waals surface area (Å²) in [6.07, 6.45) is -3.66. The number of hydrogen-bond donors (Lipinski definition) is 2. The third-order valence-corrected chi connectivity index (χ3v) is 4.91. The van der Waals surface area contributed by atoms with Gasteiger partial charge in [-0.1, -0.05) is 23.5 Å². The van der Waals surface area contributed by atoms with Gasteiger partial charge in [0.15, 0.2) is 0 Å². The highest BCUT2D eigenvalue weighted by molar-refractivity contribution is 7.18. The van der Waals surface area contributed by atoms with Crippen molar-refractivity contribution in [3.05, 3.63) is 29.8 Å². The maximum atomic E-state index is 12.6. The zero-order valence-corrected chi connectivity index (χ0v) is 13.9. The van der Waals surface area contributed by atoms with Gasteiger partial charge in [0.2, 0.25) is 5.13 Å². The fraction of sp³-hybridized carbons (Fsp3) is 0.400. The van der Waals surface area contributed by atoms with Crippen molar-refractivity contribution in [3.63, 3.8) is 0 Å². The van der Waals surface area contributed by atoms with Crippen molar-refractivity contribution in [2.45, 2.75) is 31.6 Å². The fourth-order valence-corrected chi connectivity index (χ4v) is 3.46. The van der Waals surface area contributed by atoms with Crippen LogP contribution >= 0.6 is 11.3 Å². The molecule has 1 aromatic carbocycles. The summed E-state index contributed by atoms with van der Waals surface area (Å²) in [5.74, 6) is 0. The van der Waals surface area contributed by atoms with Gasteiger partial charge in [-0.15, -0.1) is 10.2 Å². The second kappa shape index (κ2) is 6.60. The number of anilines is 1. The van der Waals surface area contributed by atoms with Gasteiger partial charge in [0.05, 0.1) is 18.2 Å². The predicted molar refractivity (Wildman–Crippen MR) is 86.2 cm³/mol. The molecule has 2 atom stereocenters. The molecule has 1 fully saturated rings. The number of benzene rings is 1. The molecule has 1 aliphatic rings. The van der Waals surface area contributed by atoms with Crippen LogP contribution in [0.4, 0.5) is 23.1 Å². The van der Waals surface area contributed by atoms with E-state index in [1.807, 2.05) is 6.92 Å². The Bertz CT molecular complexity index is 763. The van der Waals surface area contributed by atoms with Crippen molar-refractivity contribution in [1.82, 2.24) is 15.1 Å². The first-order chi connectivity index (χ1) is 11.8. The third kappa shape index (κ3) is 3.59. The molecule has 0 aliphatic carbocycles. The first-order valence-electron chi connectivity index (χ1n) is 7.51. The van der Waals surface area contributed by atoms with Crippen LogP contribution < -0.4 is 5.32 Å². The minimum absolute atomic E-state index is 0.0273. The van der Waals surface area contributed by atoms with E-state index in [0.717, 1.165) is 29.9 Å². The molecule has 0 bridgehead atoms. The molecule has 0 saturated carbocycles. The molecule has 1 aromatic heterocycles. The van der Waals surface area contributed by atoms with Gasteiger partial charge in [0.1, 0.15) is 5.01 Å². The molecule has 2 unspecified atom stereocenters. The fourth-order valence-electron chi connectivity index (χ4n) is 2.72. The maximum absolute atomic E-state index is 12.6. The van der Waals surface area contributed by atoms with Crippen LogP contribution in [-0.4, -0.2) is 44.9 Å². The quantitative estimate of drug-likeness (QED) is 0.867. The Morgan fingerprint density at radius 3 is 2.60 bits per heavy atom. The Kier molecular flexibility index (Phi) is 4.65. The van der Waals surface area contributed by atoms with E-state index >= 15 is 0 Å². The summed E-state index contributed by atoms with van der Waals surface area (Å²) in [6, 6.07) is 4.01. The third-order valence-electron chi connectivity index (χ3n) is 4.02. The second-order valence-corrected chi connectivity index (χ2v) is 6.72. The van der Waals surface area contributed by atoms with Gasteiger partial charge in [0.25, 0.3) is 0 Å². The summed E-state index contributed by atoms with van der Waals surface area (Å²) >= 11 is 1.07. The minimum atomic E-state index is -4.39. The summed E-state index contributed by atoms with van der Waals surface area (Å²) in [6.45, 7) is 1.77. The Labute approximate surface area is 145 Å². The predicted octanol–water partition coefficient (Wildman–Crippen LogP) is 3.21. The number of halogens is 3. The largest absolute Gasteiger partial charge is 0.416 e. The molecule has 2 heterocycles.